The van der Waals surface area contributed by atoms with Gasteiger partial charge in [0.1, 0.15) is 78.5 Å². The zero-order chi connectivity index (χ0) is 92.8. The number of carbonyl (C=O) groups excluding carboxylic acids is 14. The minimum absolute atomic E-state index is 0.00173. The SMILES string of the molecule is CC[C@H](C)[C@H](NC(=O)[C@@H]1CCCN1C(=O)[C@H](CCCN=C(N)N)NC(=O)[C@H](CC(C)C)NC(=O)[C@H](CC(=O)O)NC(=O)[C@H](CC(C)C)NC(=O)[C@H](CCCN=C(N)N)NC(=O)[C@H](CO)NC(=O)CNC(=O)[C@@H](N)CCCN=C(N)N)C(=O)N[C@@H](CC(C)C)C(=O)N[C@@H](CC(=O)O)C(=O)N[C@@H](CO)C(=O)N[C@@H](CCCN=C(N)N)C(=O)N[C@@H](CO)C(=O)O. The van der Waals surface area contributed by atoms with Gasteiger partial charge in [0.15, 0.2) is 23.8 Å². The molecule has 122 heavy (non-hydrogen) atoms. The number of likely N-dealkylation sites (tertiary alicyclic amines) is 1. The van der Waals surface area contributed by atoms with E-state index in [-0.39, 0.29) is 140 Å². The maximum absolute atomic E-state index is 15.0. The van der Waals surface area contributed by atoms with Gasteiger partial charge in [-0.1, -0.05) is 61.8 Å². The number of rotatable bonds is 59. The van der Waals surface area contributed by atoms with Crippen molar-refractivity contribution in [3.05, 3.63) is 0 Å². The molecule has 50 heteroatoms. The molecular formula is C72H129N27O23. The molecule has 0 aromatic rings. The van der Waals surface area contributed by atoms with Gasteiger partial charge in [-0.15, -0.1) is 0 Å². The fourth-order valence-electron chi connectivity index (χ4n) is 12.1. The number of hydrogen-bond donors (Lipinski definition) is 28. The van der Waals surface area contributed by atoms with Crippen LogP contribution in [0.4, 0.5) is 0 Å². The molecule has 0 saturated carbocycles. The van der Waals surface area contributed by atoms with Crippen molar-refractivity contribution in [3.63, 3.8) is 0 Å². The summed E-state index contributed by atoms with van der Waals surface area (Å²) in [5.74, 6) is -22.7. The number of aliphatic hydroxyl groups is 3. The summed E-state index contributed by atoms with van der Waals surface area (Å²) in [6.45, 7) is 9.07. The van der Waals surface area contributed by atoms with Crippen LogP contribution in [0.5, 0.6) is 0 Å². The van der Waals surface area contributed by atoms with Gasteiger partial charge in [-0.2, -0.15) is 0 Å². The van der Waals surface area contributed by atoms with Gasteiger partial charge in [-0.25, -0.2) is 4.79 Å². The number of carboxylic acids is 3. The average Bonchev–Trinajstić information content (AvgIpc) is 1.37. The first-order chi connectivity index (χ1) is 57.2. The van der Waals surface area contributed by atoms with E-state index < -0.39 is 248 Å². The van der Waals surface area contributed by atoms with Crippen molar-refractivity contribution in [2.45, 2.75) is 243 Å². The van der Waals surface area contributed by atoms with Crippen molar-refractivity contribution in [3.8, 4) is 0 Å². The lowest BCUT2D eigenvalue weighted by Gasteiger charge is -2.32. The van der Waals surface area contributed by atoms with Crippen LogP contribution in [-0.4, -0.2) is 304 Å². The Hall–Kier alpha value is -12.1. The largest absolute Gasteiger partial charge is 0.481 e. The van der Waals surface area contributed by atoms with Gasteiger partial charge in [-0.3, -0.25) is 96.7 Å². The van der Waals surface area contributed by atoms with Crippen molar-refractivity contribution in [1.82, 2.24) is 74.0 Å². The molecule has 0 radical (unpaired) electrons. The first kappa shape index (κ1) is 108. The smallest absolute Gasteiger partial charge is 0.328 e. The predicted octanol–water partition coefficient (Wildman–Crippen LogP) is -11.4. The van der Waals surface area contributed by atoms with Gasteiger partial charge >= 0.3 is 17.9 Å². The molecular weight excluding hydrogens is 1610 g/mol. The molecule has 1 saturated heterocycles. The number of amides is 14. The Balaban J connectivity index is 3.68. The molecule has 1 fully saturated rings. The topological polar surface area (TPSA) is 855 Å². The Kier molecular flexibility index (Phi) is 49.9. The number of aliphatic carboxylic acids is 3. The second-order valence-electron chi connectivity index (χ2n) is 30.4. The molecule has 0 aliphatic carbocycles. The molecule has 690 valence electrons. The van der Waals surface area contributed by atoms with Crippen molar-refractivity contribution in [2.75, 3.05) is 59.1 Å². The Bertz CT molecular complexity index is 3650. The molecule has 0 spiro atoms. The Morgan fingerprint density at radius 2 is 0.697 bits per heavy atom. The molecule has 1 aliphatic rings. The van der Waals surface area contributed by atoms with Crippen molar-refractivity contribution in [2.24, 2.45) is 95.2 Å². The quantitative estimate of drug-likeness (QED) is 0.0153. The number of hydrogen-bond acceptors (Lipinski definition) is 25. The lowest BCUT2D eigenvalue weighted by Crippen LogP contribution is -2.62. The number of aliphatic hydroxyl groups excluding tert-OH is 3. The highest BCUT2D eigenvalue weighted by Crippen LogP contribution is 2.23. The zero-order valence-electron chi connectivity index (χ0n) is 70.1. The first-order valence-electron chi connectivity index (χ1n) is 39.9. The zero-order valence-corrected chi connectivity index (χ0v) is 70.1. The summed E-state index contributed by atoms with van der Waals surface area (Å²) in [4.78, 5) is 249. The lowest BCUT2D eigenvalue weighted by molar-refractivity contribution is -0.143. The maximum atomic E-state index is 15.0. The number of carbonyl (C=O) groups is 17. The third-order valence-corrected chi connectivity index (χ3v) is 18.6. The van der Waals surface area contributed by atoms with E-state index in [1.807, 2.05) is 5.32 Å². The van der Waals surface area contributed by atoms with Gasteiger partial charge in [-0.05, 0) is 107 Å². The van der Waals surface area contributed by atoms with Crippen LogP contribution in [0, 0.1) is 23.7 Å². The summed E-state index contributed by atoms with van der Waals surface area (Å²) in [6.07, 6.45) is -2.62. The van der Waals surface area contributed by atoms with E-state index in [1.54, 1.807) is 55.4 Å². The molecule has 0 aromatic heterocycles. The summed E-state index contributed by atoms with van der Waals surface area (Å²) < 4.78 is 0. The number of aliphatic imine (C=N–C) groups is 4. The predicted molar refractivity (Wildman–Crippen MR) is 440 cm³/mol. The summed E-state index contributed by atoms with van der Waals surface area (Å²) in [5, 5.41) is 90.4. The molecule has 0 unspecified atom stereocenters. The molecule has 37 N–H and O–H groups in total. The van der Waals surface area contributed by atoms with Crippen LogP contribution < -0.4 is 121 Å². The van der Waals surface area contributed by atoms with Crippen molar-refractivity contribution >= 4 is 124 Å². The minimum Gasteiger partial charge on any atom is -0.481 e. The first-order valence-corrected chi connectivity index (χ1v) is 39.9. The molecule has 1 aliphatic heterocycles. The maximum Gasteiger partial charge on any atom is 0.328 e. The highest BCUT2D eigenvalue weighted by Gasteiger charge is 2.43. The summed E-state index contributed by atoms with van der Waals surface area (Å²) in [5.41, 5.74) is 49.4. The minimum atomic E-state index is -2.03. The molecule has 0 aromatic carbocycles. The Morgan fingerprint density at radius 3 is 1.06 bits per heavy atom. The van der Waals surface area contributed by atoms with Gasteiger partial charge in [0.2, 0.25) is 82.7 Å². The molecule has 1 rings (SSSR count). The van der Waals surface area contributed by atoms with Crippen LogP contribution >= 0.6 is 0 Å². The number of nitrogens with zero attached hydrogens (tertiary/aromatic N) is 5. The second kappa shape index (κ2) is 56.4. The Labute approximate surface area is 705 Å². The normalized spacial score (nSPS) is 15.8. The van der Waals surface area contributed by atoms with E-state index >= 15 is 4.79 Å². The van der Waals surface area contributed by atoms with Crippen LogP contribution in [0.25, 0.3) is 0 Å². The number of nitrogens with one attached hydrogen (secondary N) is 13. The van der Waals surface area contributed by atoms with Crippen LogP contribution in [0.15, 0.2) is 20.0 Å². The monoisotopic (exact) mass is 1740 g/mol. The summed E-state index contributed by atoms with van der Waals surface area (Å²) >= 11 is 0. The van der Waals surface area contributed by atoms with Gasteiger partial charge in [0.05, 0.1) is 45.2 Å². The van der Waals surface area contributed by atoms with Crippen LogP contribution in [-0.2, 0) is 81.5 Å². The standard InChI is InChI=1S/C72H129N27O23/c1-9-37(8)54(66(119)95-44(27-36(6)7)60(113)94-46(29-53(106)107)62(115)96-48(32-101)64(117)89-40(17-12-22-84-71(78)79)57(110)97-49(33-102)68(121)122)98-65(118)50-19-14-24-99(50)67(120)41(18-13-23-85-72(80)81)90-58(111)42(25-34(2)3)92-61(114)45(28-52(104)105)93-59(112)43(26-35(4)5)91-56(109)39(16-11-21-83-70(76)77)88-63(116)47(31-100)87-51(103)30-86-55(108)38(73)15-10-20-82-69(74)75/h34-50,54,100-102H,9-33,73H2,1-8H3,(H,86,108)(H,87,103)(H,88,116)(H,89,117)(H,90,111)(H,91,109)(H,92,114)(H,93,112)(H,94,113)(H,95,119)(H,96,115)(H,97,110)(H,98,118)(H,104,105)(H,106,107)(H,121,122)(H4,74,75,82)(H4,76,77,83)(H4,78,79,84)(H4,80,81,85)/t37-,38-,39-,40-,41-,42-,43-,44-,45-,46-,47-,48-,49-,50-,54-/m0/s1. The Morgan fingerprint density at radius 1 is 0.385 bits per heavy atom. The molecule has 50 nitrogen and oxygen atoms in total. The van der Waals surface area contributed by atoms with E-state index in [0.717, 1.165) is 4.90 Å². The molecule has 1 heterocycles. The van der Waals surface area contributed by atoms with E-state index in [2.05, 4.69) is 83.8 Å². The number of carboxylic acid groups (broad SMARTS) is 3. The lowest BCUT2D eigenvalue weighted by atomic mass is 9.96. The van der Waals surface area contributed by atoms with Gasteiger partial charge < -0.3 is 156 Å². The van der Waals surface area contributed by atoms with Gasteiger partial charge in [0, 0.05) is 32.7 Å². The number of guanidine groups is 4. The van der Waals surface area contributed by atoms with Crippen LogP contribution in [0.3, 0.4) is 0 Å². The van der Waals surface area contributed by atoms with E-state index in [0.29, 0.717) is 6.42 Å². The summed E-state index contributed by atoms with van der Waals surface area (Å²) in [7, 11) is 0. The van der Waals surface area contributed by atoms with E-state index in [1.165, 1.54) is 0 Å². The van der Waals surface area contributed by atoms with Crippen LogP contribution in [0.2, 0.25) is 0 Å². The van der Waals surface area contributed by atoms with Crippen LogP contribution in [0.1, 0.15) is 158 Å². The third kappa shape index (κ3) is 42.2. The van der Waals surface area contributed by atoms with E-state index in [4.69, 9.17) is 51.6 Å². The average molecular weight is 1740 g/mol. The summed E-state index contributed by atoms with van der Waals surface area (Å²) in [6, 6.07) is -22.8. The van der Waals surface area contributed by atoms with Crippen molar-refractivity contribution in [1.29, 1.82) is 0 Å². The highest BCUT2D eigenvalue weighted by atomic mass is 16.4. The van der Waals surface area contributed by atoms with E-state index in [9.17, 15) is 107 Å². The highest BCUT2D eigenvalue weighted by molar-refractivity contribution is 6.01. The van der Waals surface area contributed by atoms with Gasteiger partial charge in [0.25, 0.3) is 0 Å². The fourth-order valence-corrected chi connectivity index (χ4v) is 12.1. The molecule has 0 bridgehead atoms. The molecule has 15 atom stereocenters. The molecule has 14 amide bonds. The van der Waals surface area contributed by atoms with Crippen molar-refractivity contribution < 1.29 is 112 Å². The third-order valence-electron chi connectivity index (χ3n) is 18.6. The second-order valence-corrected chi connectivity index (χ2v) is 30.4. The fraction of sp³-hybridized carbons (Fsp3) is 0.708. The number of nitrogens with two attached hydrogens (primary N) is 9.